The number of benzene rings is 1. The van der Waals surface area contributed by atoms with E-state index in [4.69, 9.17) is 14.5 Å². The van der Waals surface area contributed by atoms with Crippen molar-refractivity contribution in [1.82, 2.24) is 9.55 Å². The quantitative estimate of drug-likeness (QED) is 0.425. The number of carbonyl (C=O) groups excluding carboxylic acids is 2. The van der Waals surface area contributed by atoms with Crippen molar-refractivity contribution in [2.45, 2.75) is 59.2 Å². The Morgan fingerprint density at radius 3 is 2.80 bits per heavy atom. The number of nitrogens with one attached hydrogen (secondary N) is 2. The minimum Gasteiger partial charge on any atom is -0.464 e. The fourth-order valence-electron chi connectivity index (χ4n) is 4.36. The van der Waals surface area contributed by atoms with Crippen molar-refractivity contribution < 1.29 is 19.1 Å². The molecule has 8 nitrogen and oxygen atoms in total. The highest BCUT2D eigenvalue weighted by atomic mass is 16.5. The molecule has 0 aliphatic carbocycles. The number of carbonyl (C=O) groups is 2. The average molecular weight is 479 g/mol. The summed E-state index contributed by atoms with van der Waals surface area (Å²) in [5.41, 5.74) is 4.52. The molecule has 1 aliphatic rings. The van der Waals surface area contributed by atoms with Crippen molar-refractivity contribution >= 4 is 34.3 Å². The van der Waals surface area contributed by atoms with Gasteiger partial charge in [0.2, 0.25) is 5.91 Å². The second-order valence-corrected chi connectivity index (χ2v) is 9.13. The summed E-state index contributed by atoms with van der Waals surface area (Å²) < 4.78 is 12.8. The number of aryl methyl sites for hydroxylation is 1. The Bertz CT molecular complexity index is 1210. The molecule has 2 atom stereocenters. The topological polar surface area (TPSA) is 94.5 Å². The fraction of sp³-hybridized carbons (Fsp3) is 0.444. The van der Waals surface area contributed by atoms with E-state index in [0.717, 1.165) is 18.5 Å². The smallest absolute Gasteiger partial charge is 0.356 e. The largest absolute Gasteiger partial charge is 0.464 e. The van der Waals surface area contributed by atoms with Crippen molar-refractivity contribution in [3.05, 3.63) is 53.3 Å². The molecule has 0 radical (unpaired) electrons. The summed E-state index contributed by atoms with van der Waals surface area (Å²) in [6, 6.07) is 10.1. The van der Waals surface area contributed by atoms with E-state index in [2.05, 4.69) is 29.7 Å². The number of hydrogen-bond donors (Lipinski definition) is 2. The van der Waals surface area contributed by atoms with Gasteiger partial charge in [0.05, 0.1) is 37.3 Å². The molecule has 2 aromatic heterocycles. The molecule has 8 heteroatoms. The van der Waals surface area contributed by atoms with Crippen LogP contribution in [0.3, 0.4) is 0 Å². The number of rotatable bonds is 9. The summed E-state index contributed by atoms with van der Waals surface area (Å²) in [5.74, 6) is -0.866. The van der Waals surface area contributed by atoms with Gasteiger partial charge in [-0.2, -0.15) is 0 Å². The minimum atomic E-state index is -0.519. The summed E-state index contributed by atoms with van der Waals surface area (Å²) in [6.45, 7) is 7.70. The normalized spacial score (nSPS) is 16.3. The van der Waals surface area contributed by atoms with E-state index in [9.17, 15) is 9.59 Å². The summed E-state index contributed by atoms with van der Waals surface area (Å²) in [7, 11) is 1.35. The predicted octanol–water partition coefficient (Wildman–Crippen LogP) is 4.91. The second kappa shape index (κ2) is 10.9. The molecule has 35 heavy (non-hydrogen) atoms. The average Bonchev–Trinajstić information content (AvgIpc) is 3.49. The molecule has 3 heterocycles. The molecule has 1 aromatic carbocycles. The van der Waals surface area contributed by atoms with Gasteiger partial charge in [-0.1, -0.05) is 38.1 Å². The van der Waals surface area contributed by atoms with Crippen LogP contribution in [0.1, 0.15) is 54.7 Å². The first-order valence-electron chi connectivity index (χ1n) is 12.2. The molecule has 1 fully saturated rings. The molecule has 186 valence electrons. The SMILES string of the molecule is CC[C@H](C)C(=O)Nc1c(C(=O)OC)n(C[C@@H]2CCCO2)c2ncc(NCc3ccccc3C)cc12. The lowest BCUT2D eigenvalue weighted by atomic mass is 10.1. The molecular weight excluding hydrogens is 444 g/mol. The van der Waals surface area contributed by atoms with Crippen LogP contribution in [-0.4, -0.2) is 41.2 Å². The fourth-order valence-corrected chi connectivity index (χ4v) is 4.36. The molecule has 1 aliphatic heterocycles. The molecular formula is C27H34N4O4. The predicted molar refractivity (Wildman–Crippen MR) is 137 cm³/mol. The zero-order valence-electron chi connectivity index (χ0n) is 20.9. The zero-order chi connectivity index (χ0) is 24.9. The highest BCUT2D eigenvalue weighted by Crippen LogP contribution is 2.34. The van der Waals surface area contributed by atoms with Gasteiger partial charge in [0.15, 0.2) is 5.69 Å². The lowest BCUT2D eigenvalue weighted by Gasteiger charge is -2.15. The summed E-state index contributed by atoms with van der Waals surface area (Å²) in [6.07, 6.45) is 4.32. The highest BCUT2D eigenvalue weighted by molar-refractivity contribution is 6.11. The third-order valence-corrected chi connectivity index (χ3v) is 6.74. The molecule has 1 amide bonds. The van der Waals surface area contributed by atoms with E-state index in [1.54, 1.807) is 6.20 Å². The number of methoxy groups -OCH3 is 1. The number of pyridine rings is 1. The van der Waals surface area contributed by atoms with E-state index >= 15 is 0 Å². The molecule has 0 spiro atoms. The van der Waals surface area contributed by atoms with Crippen LogP contribution in [0.5, 0.6) is 0 Å². The standard InChI is InChI=1S/C27H34N4O4/c1-5-17(2)26(32)30-23-22-13-20(28-14-19-10-7-6-9-18(19)3)15-29-25(22)31(24(23)27(33)34-4)16-21-11-8-12-35-21/h6-7,9-10,13,15,17,21,28H,5,8,11-12,14,16H2,1-4H3,(H,30,32)/t17-,21-/m0/s1. The molecule has 4 rings (SSSR count). The van der Waals surface area contributed by atoms with E-state index < -0.39 is 5.97 Å². The molecule has 0 unspecified atom stereocenters. The maximum Gasteiger partial charge on any atom is 0.356 e. The first-order chi connectivity index (χ1) is 16.9. The number of ether oxygens (including phenoxy) is 2. The van der Waals surface area contributed by atoms with Crippen LogP contribution in [0, 0.1) is 12.8 Å². The Morgan fingerprint density at radius 2 is 2.11 bits per heavy atom. The van der Waals surface area contributed by atoms with Gasteiger partial charge in [0.25, 0.3) is 0 Å². The number of fused-ring (bicyclic) bond motifs is 1. The number of esters is 1. The number of anilines is 2. The molecule has 2 N–H and O–H groups in total. The van der Waals surface area contributed by atoms with Crippen LogP contribution in [0.15, 0.2) is 36.5 Å². The zero-order valence-corrected chi connectivity index (χ0v) is 20.9. The lowest BCUT2D eigenvalue weighted by Crippen LogP contribution is -2.23. The van der Waals surface area contributed by atoms with Gasteiger partial charge in [-0.05, 0) is 43.4 Å². The molecule has 1 saturated heterocycles. The van der Waals surface area contributed by atoms with Crippen LogP contribution in [-0.2, 0) is 27.4 Å². The Labute approximate surface area is 206 Å². The van der Waals surface area contributed by atoms with Gasteiger partial charge in [-0.15, -0.1) is 0 Å². The van der Waals surface area contributed by atoms with Gasteiger partial charge >= 0.3 is 5.97 Å². The molecule has 3 aromatic rings. The van der Waals surface area contributed by atoms with E-state index in [1.165, 1.54) is 18.2 Å². The number of aromatic nitrogens is 2. The van der Waals surface area contributed by atoms with Crippen LogP contribution < -0.4 is 10.6 Å². The van der Waals surface area contributed by atoms with Gasteiger partial charge in [0, 0.05) is 24.5 Å². The van der Waals surface area contributed by atoms with Crippen molar-refractivity contribution in [3.8, 4) is 0 Å². The van der Waals surface area contributed by atoms with Gasteiger partial charge in [-0.25, -0.2) is 9.78 Å². The third-order valence-electron chi connectivity index (χ3n) is 6.74. The van der Waals surface area contributed by atoms with Crippen LogP contribution in [0.2, 0.25) is 0 Å². The maximum absolute atomic E-state index is 13.0. The van der Waals surface area contributed by atoms with Gasteiger partial charge in [-0.3, -0.25) is 4.79 Å². The van der Waals surface area contributed by atoms with Gasteiger partial charge in [0.1, 0.15) is 5.65 Å². The number of hydrogen-bond acceptors (Lipinski definition) is 6. The highest BCUT2D eigenvalue weighted by Gasteiger charge is 2.29. The Morgan fingerprint density at radius 1 is 1.31 bits per heavy atom. The Kier molecular flexibility index (Phi) is 7.70. The first kappa shape index (κ1) is 24.7. The van der Waals surface area contributed by atoms with Crippen molar-refractivity contribution in [2.75, 3.05) is 24.4 Å². The van der Waals surface area contributed by atoms with Crippen molar-refractivity contribution in [2.24, 2.45) is 5.92 Å². The van der Waals surface area contributed by atoms with Crippen LogP contribution >= 0.6 is 0 Å². The second-order valence-electron chi connectivity index (χ2n) is 9.13. The van der Waals surface area contributed by atoms with E-state index in [-0.39, 0.29) is 17.9 Å². The molecule has 0 saturated carbocycles. The Hall–Kier alpha value is -3.39. The van der Waals surface area contributed by atoms with Crippen LogP contribution in [0.4, 0.5) is 11.4 Å². The summed E-state index contributed by atoms with van der Waals surface area (Å²) >= 11 is 0. The first-order valence-corrected chi connectivity index (χ1v) is 12.2. The third kappa shape index (κ3) is 5.32. The molecule has 0 bridgehead atoms. The summed E-state index contributed by atoms with van der Waals surface area (Å²) in [5, 5.41) is 7.12. The van der Waals surface area contributed by atoms with E-state index in [0.29, 0.717) is 48.5 Å². The minimum absolute atomic E-state index is 0.0206. The Balaban J connectivity index is 1.78. The summed E-state index contributed by atoms with van der Waals surface area (Å²) in [4.78, 5) is 30.6. The van der Waals surface area contributed by atoms with E-state index in [1.807, 2.05) is 36.6 Å². The van der Waals surface area contributed by atoms with Gasteiger partial charge < -0.3 is 24.7 Å². The monoisotopic (exact) mass is 478 g/mol. The lowest BCUT2D eigenvalue weighted by molar-refractivity contribution is -0.119. The van der Waals surface area contributed by atoms with Crippen molar-refractivity contribution in [3.63, 3.8) is 0 Å². The van der Waals surface area contributed by atoms with Crippen molar-refractivity contribution in [1.29, 1.82) is 0 Å². The van der Waals surface area contributed by atoms with Crippen LogP contribution in [0.25, 0.3) is 11.0 Å². The number of nitrogens with zero attached hydrogens (tertiary/aromatic N) is 2. The maximum atomic E-state index is 13.0. The number of amides is 1.